The first-order valence-electron chi connectivity index (χ1n) is 6.82. The monoisotopic (exact) mass is 346 g/mol. The molecule has 5 heteroatoms. The van der Waals surface area contributed by atoms with E-state index < -0.39 is 5.97 Å². The molecule has 0 aliphatic carbocycles. The maximum atomic E-state index is 12.0. The third-order valence-electron chi connectivity index (χ3n) is 3.37. The summed E-state index contributed by atoms with van der Waals surface area (Å²) < 4.78 is 10.4. The van der Waals surface area contributed by atoms with Crippen LogP contribution < -0.4 is 4.74 Å². The number of rotatable bonds is 3. The molecular weight excluding hydrogens is 335 g/mol. The lowest BCUT2D eigenvalue weighted by atomic mass is 10.1. The number of benzene rings is 2. The minimum atomic E-state index is -0.401. The minimum absolute atomic E-state index is 0.401. The Hall–Kier alpha value is -2.23. The summed E-state index contributed by atoms with van der Waals surface area (Å²) in [6.07, 6.45) is 3.41. The molecule has 0 unspecified atom stereocenters. The first-order valence-corrected chi connectivity index (χ1v) is 7.57. The molecule has 0 spiro atoms. The van der Waals surface area contributed by atoms with E-state index >= 15 is 0 Å². The number of esters is 1. The van der Waals surface area contributed by atoms with Crippen LogP contribution in [-0.2, 0) is 9.53 Å². The van der Waals surface area contributed by atoms with Crippen LogP contribution in [0.15, 0.2) is 54.1 Å². The van der Waals surface area contributed by atoms with Crippen LogP contribution in [-0.4, -0.2) is 13.1 Å². The zero-order valence-electron chi connectivity index (χ0n) is 12.2. The van der Waals surface area contributed by atoms with Gasteiger partial charge in [0.2, 0.25) is 0 Å². The molecule has 2 aromatic rings. The third kappa shape index (κ3) is 3.41. The Morgan fingerprint density at radius 2 is 1.78 bits per heavy atom. The summed E-state index contributed by atoms with van der Waals surface area (Å²) in [5.74, 6) is 0.844. The second-order valence-corrected chi connectivity index (χ2v) is 5.71. The van der Waals surface area contributed by atoms with E-state index in [9.17, 15) is 4.79 Å². The van der Waals surface area contributed by atoms with Crippen molar-refractivity contribution in [3.05, 3.63) is 75.3 Å². The van der Waals surface area contributed by atoms with Crippen molar-refractivity contribution in [1.82, 2.24) is 0 Å². The lowest BCUT2D eigenvalue weighted by molar-refractivity contribution is -0.130. The summed E-state index contributed by atoms with van der Waals surface area (Å²) in [5, 5.41) is 0.906. The summed E-state index contributed by atoms with van der Waals surface area (Å²) in [4.78, 5) is 12.0. The van der Waals surface area contributed by atoms with Crippen molar-refractivity contribution < 1.29 is 14.3 Å². The zero-order valence-corrected chi connectivity index (χ0v) is 13.7. The van der Waals surface area contributed by atoms with Crippen molar-refractivity contribution in [2.75, 3.05) is 7.11 Å². The molecule has 0 N–H and O–H groups in total. The van der Waals surface area contributed by atoms with Gasteiger partial charge in [0.25, 0.3) is 0 Å². The van der Waals surface area contributed by atoms with Crippen LogP contribution in [0.2, 0.25) is 10.0 Å². The molecule has 1 heterocycles. The zero-order chi connectivity index (χ0) is 16.4. The standard InChI is InChI=1S/C18H12Cl2O3/c1-22-14-5-3-12(4-6-14)17-10-13(18(21)23-17)8-11-2-7-15(19)16(20)9-11/h2-10H,1H3. The van der Waals surface area contributed by atoms with Gasteiger partial charge in [0.1, 0.15) is 11.5 Å². The number of ether oxygens (including phenoxy) is 2. The van der Waals surface area contributed by atoms with Crippen LogP contribution in [0.3, 0.4) is 0 Å². The highest BCUT2D eigenvalue weighted by atomic mass is 35.5. The molecule has 0 amide bonds. The van der Waals surface area contributed by atoms with E-state index in [1.807, 2.05) is 24.3 Å². The molecule has 3 rings (SSSR count). The number of methoxy groups -OCH3 is 1. The van der Waals surface area contributed by atoms with Gasteiger partial charge in [0.15, 0.2) is 0 Å². The number of carbonyl (C=O) groups is 1. The van der Waals surface area contributed by atoms with E-state index in [1.54, 1.807) is 37.5 Å². The SMILES string of the molecule is COc1ccc(C2=CC(=Cc3ccc(Cl)c(Cl)c3)C(=O)O2)cc1. The van der Waals surface area contributed by atoms with Crippen LogP contribution in [0.1, 0.15) is 11.1 Å². The first-order chi connectivity index (χ1) is 11.1. The number of cyclic esters (lactones) is 1. The molecule has 0 radical (unpaired) electrons. The van der Waals surface area contributed by atoms with Gasteiger partial charge in [-0.05, 0) is 54.1 Å². The van der Waals surface area contributed by atoms with Crippen molar-refractivity contribution in [2.45, 2.75) is 0 Å². The minimum Gasteiger partial charge on any atom is -0.497 e. The van der Waals surface area contributed by atoms with E-state index in [-0.39, 0.29) is 0 Å². The van der Waals surface area contributed by atoms with Gasteiger partial charge in [-0.1, -0.05) is 29.3 Å². The Morgan fingerprint density at radius 1 is 1.04 bits per heavy atom. The molecule has 1 aliphatic heterocycles. The van der Waals surface area contributed by atoms with Gasteiger partial charge in [-0.3, -0.25) is 0 Å². The number of hydrogen-bond donors (Lipinski definition) is 0. The molecule has 116 valence electrons. The molecule has 0 aromatic heterocycles. The Kier molecular flexibility index (Phi) is 4.42. The average Bonchev–Trinajstić information content (AvgIpc) is 2.92. The van der Waals surface area contributed by atoms with Crippen LogP contribution in [0, 0.1) is 0 Å². The van der Waals surface area contributed by atoms with Gasteiger partial charge < -0.3 is 9.47 Å². The fourth-order valence-corrected chi connectivity index (χ4v) is 2.47. The number of carbonyl (C=O) groups excluding carboxylic acids is 1. The van der Waals surface area contributed by atoms with E-state index in [4.69, 9.17) is 32.7 Å². The van der Waals surface area contributed by atoms with Crippen molar-refractivity contribution >= 4 is 41.0 Å². The van der Waals surface area contributed by atoms with Crippen LogP contribution >= 0.6 is 23.2 Å². The Balaban J connectivity index is 1.90. The topological polar surface area (TPSA) is 35.5 Å². The van der Waals surface area contributed by atoms with E-state index in [2.05, 4.69) is 0 Å². The van der Waals surface area contributed by atoms with Gasteiger partial charge in [0, 0.05) is 5.56 Å². The summed E-state index contributed by atoms with van der Waals surface area (Å²) in [6.45, 7) is 0. The predicted molar refractivity (Wildman–Crippen MR) is 91.5 cm³/mol. The third-order valence-corrected chi connectivity index (χ3v) is 4.10. The van der Waals surface area contributed by atoms with Gasteiger partial charge in [0.05, 0.1) is 22.7 Å². The summed E-state index contributed by atoms with van der Waals surface area (Å²) in [7, 11) is 1.60. The molecule has 1 aliphatic rings. The maximum Gasteiger partial charge on any atom is 0.343 e. The molecule has 0 saturated carbocycles. The highest BCUT2D eigenvalue weighted by Crippen LogP contribution is 2.29. The van der Waals surface area contributed by atoms with E-state index in [0.29, 0.717) is 21.4 Å². The molecule has 0 saturated heterocycles. The van der Waals surface area contributed by atoms with Crippen molar-refractivity contribution in [3.8, 4) is 5.75 Å². The molecule has 2 aromatic carbocycles. The molecular formula is C18H12Cl2O3. The Bertz CT molecular complexity index is 821. The van der Waals surface area contributed by atoms with Crippen LogP contribution in [0.4, 0.5) is 0 Å². The van der Waals surface area contributed by atoms with Crippen molar-refractivity contribution in [2.24, 2.45) is 0 Å². The summed E-state index contributed by atoms with van der Waals surface area (Å²) in [5.41, 5.74) is 2.03. The lowest BCUT2D eigenvalue weighted by Gasteiger charge is -2.03. The maximum absolute atomic E-state index is 12.0. The molecule has 0 fully saturated rings. The van der Waals surface area contributed by atoms with Gasteiger partial charge >= 0.3 is 5.97 Å². The molecule has 0 bridgehead atoms. The quantitative estimate of drug-likeness (QED) is 0.580. The Morgan fingerprint density at radius 3 is 2.43 bits per heavy atom. The van der Waals surface area contributed by atoms with Gasteiger partial charge in [-0.15, -0.1) is 0 Å². The average molecular weight is 347 g/mol. The molecule has 23 heavy (non-hydrogen) atoms. The molecule has 0 atom stereocenters. The molecule has 3 nitrogen and oxygen atoms in total. The largest absolute Gasteiger partial charge is 0.497 e. The van der Waals surface area contributed by atoms with Gasteiger partial charge in [-0.25, -0.2) is 4.79 Å². The van der Waals surface area contributed by atoms with E-state index in [1.165, 1.54) is 0 Å². The fourth-order valence-electron chi connectivity index (χ4n) is 2.17. The highest BCUT2D eigenvalue weighted by molar-refractivity contribution is 6.42. The van der Waals surface area contributed by atoms with Gasteiger partial charge in [-0.2, -0.15) is 0 Å². The Labute approximate surface area is 143 Å². The smallest absolute Gasteiger partial charge is 0.343 e. The fraction of sp³-hybridized carbons (Fsp3) is 0.0556. The lowest BCUT2D eigenvalue weighted by Crippen LogP contribution is -1.97. The second-order valence-electron chi connectivity index (χ2n) is 4.90. The van der Waals surface area contributed by atoms with Crippen molar-refractivity contribution in [1.29, 1.82) is 0 Å². The number of halogens is 2. The summed E-state index contributed by atoms with van der Waals surface area (Å²) >= 11 is 11.9. The normalized spacial score (nSPS) is 15.5. The van der Waals surface area contributed by atoms with Crippen molar-refractivity contribution in [3.63, 3.8) is 0 Å². The predicted octanol–water partition coefficient (Wildman–Crippen LogP) is 4.98. The summed E-state index contributed by atoms with van der Waals surface area (Å²) in [6, 6.07) is 12.5. The number of hydrogen-bond acceptors (Lipinski definition) is 3. The first kappa shape index (κ1) is 15.7. The highest BCUT2D eigenvalue weighted by Gasteiger charge is 2.22. The van der Waals surface area contributed by atoms with E-state index in [0.717, 1.165) is 16.9 Å². The second kappa shape index (κ2) is 6.49. The van der Waals surface area contributed by atoms with Crippen LogP contribution in [0.5, 0.6) is 5.75 Å². The van der Waals surface area contributed by atoms with Crippen LogP contribution in [0.25, 0.3) is 11.8 Å².